The Morgan fingerprint density at radius 1 is 1.52 bits per heavy atom. The number of hydrogen-bond acceptors (Lipinski definition) is 2. The molecule has 1 N–H and O–H groups in total. The molecule has 2 nitrogen and oxygen atoms in total. The molecule has 1 saturated carbocycles. The maximum atomic E-state index is 13.4. The standard InChI is InChI=1S/C17H25BrFNO/c1-12-5-4-8-17(11-12,21-3)16(20-2)10-13-6-7-15(19)14(18)9-13/h6-7,9,12,16,20H,4-5,8,10-11H2,1-3H3. The van der Waals surface area contributed by atoms with Gasteiger partial charge in [0.2, 0.25) is 0 Å². The van der Waals surface area contributed by atoms with Gasteiger partial charge in [-0.25, -0.2) is 4.39 Å². The number of hydrogen-bond donors (Lipinski definition) is 1. The second-order valence-corrected chi connectivity index (χ2v) is 7.12. The molecule has 1 aromatic carbocycles. The fraction of sp³-hybridized carbons (Fsp3) is 0.647. The van der Waals surface area contributed by atoms with Crippen molar-refractivity contribution in [2.45, 2.75) is 50.7 Å². The van der Waals surface area contributed by atoms with Gasteiger partial charge in [0.15, 0.2) is 0 Å². The molecule has 0 aliphatic heterocycles. The number of likely N-dealkylation sites (N-methyl/N-ethyl adjacent to an activating group) is 1. The first-order chi connectivity index (χ1) is 10.0. The molecule has 1 aromatic rings. The van der Waals surface area contributed by atoms with Gasteiger partial charge in [-0.3, -0.25) is 0 Å². The van der Waals surface area contributed by atoms with E-state index in [-0.39, 0.29) is 17.5 Å². The fourth-order valence-electron chi connectivity index (χ4n) is 3.64. The zero-order chi connectivity index (χ0) is 15.5. The monoisotopic (exact) mass is 357 g/mol. The van der Waals surface area contributed by atoms with Crippen LogP contribution in [-0.4, -0.2) is 25.8 Å². The van der Waals surface area contributed by atoms with Crippen molar-refractivity contribution < 1.29 is 9.13 Å². The summed E-state index contributed by atoms with van der Waals surface area (Å²) in [6, 6.07) is 5.49. The molecular formula is C17H25BrFNO. The van der Waals surface area contributed by atoms with E-state index in [0.29, 0.717) is 10.4 Å². The van der Waals surface area contributed by atoms with Crippen LogP contribution in [0.4, 0.5) is 4.39 Å². The molecule has 0 aromatic heterocycles. The summed E-state index contributed by atoms with van der Waals surface area (Å²) in [6.07, 6.45) is 5.50. The molecule has 0 heterocycles. The first kappa shape index (κ1) is 16.9. The van der Waals surface area contributed by atoms with E-state index < -0.39 is 0 Å². The lowest BCUT2D eigenvalue weighted by Gasteiger charge is -2.44. The van der Waals surface area contributed by atoms with Crippen molar-refractivity contribution in [1.82, 2.24) is 5.32 Å². The molecule has 0 radical (unpaired) electrons. The van der Waals surface area contributed by atoms with Gasteiger partial charge in [0, 0.05) is 13.2 Å². The summed E-state index contributed by atoms with van der Waals surface area (Å²) in [7, 11) is 3.81. The van der Waals surface area contributed by atoms with E-state index in [4.69, 9.17) is 4.74 Å². The average molecular weight is 358 g/mol. The molecule has 1 aliphatic rings. The Morgan fingerprint density at radius 3 is 2.86 bits per heavy atom. The van der Waals surface area contributed by atoms with E-state index in [1.807, 2.05) is 26.3 Å². The Labute approximate surface area is 135 Å². The van der Waals surface area contributed by atoms with Crippen molar-refractivity contribution in [2.75, 3.05) is 14.2 Å². The molecule has 1 aliphatic carbocycles. The number of ether oxygens (including phenoxy) is 1. The van der Waals surface area contributed by atoms with Crippen molar-refractivity contribution in [1.29, 1.82) is 0 Å². The van der Waals surface area contributed by atoms with Crippen molar-refractivity contribution >= 4 is 15.9 Å². The van der Waals surface area contributed by atoms with E-state index in [1.54, 1.807) is 0 Å². The lowest BCUT2D eigenvalue weighted by Crippen LogP contribution is -2.54. The molecule has 2 rings (SSSR count). The summed E-state index contributed by atoms with van der Waals surface area (Å²) >= 11 is 3.27. The first-order valence-corrected chi connectivity index (χ1v) is 8.46. The van der Waals surface area contributed by atoms with Gasteiger partial charge >= 0.3 is 0 Å². The largest absolute Gasteiger partial charge is 0.377 e. The van der Waals surface area contributed by atoms with Crippen LogP contribution in [0.3, 0.4) is 0 Å². The lowest BCUT2D eigenvalue weighted by molar-refractivity contribution is -0.0775. The highest BCUT2D eigenvalue weighted by Crippen LogP contribution is 2.38. The van der Waals surface area contributed by atoms with Gasteiger partial charge in [0.1, 0.15) is 5.82 Å². The normalized spacial score (nSPS) is 27.6. The summed E-state index contributed by atoms with van der Waals surface area (Å²) in [5, 5.41) is 3.43. The minimum absolute atomic E-state index is 0.118. The Morgan fingerprint density at radius 2 is 2.29 bits per heavy atom. The van der Waals surface area contributed by atoms with E-state index in [0.717, 1.165) is 24.8 Å². The summed E-state index contributed by atoms with van der Waals surface area (Å²) in [5.41, 5.74) is 1.00. The van der Waals surface area contributed by atoms with E-state index >= 15 is 0 Å². The Hall–Kier alpha value is -0.450. The van der Waals surface area contributed by atoms with Crippen LogP contribution in [0.25, 0.3) is 0 Å². The van der Waals surface area contributed by atoms with Crippen LogP contribution in [0.1, 0.15) is 38.2 Å². The highest BCUT2D eigenvalue weighted by molar-refractivity contribution is 9.10. The van der Waals surface area contributed by atoms with Crippen molar-refractivity contribution in [3.8, 4) is 0 Å². The smallest absolute Gasteiger partial charge is 0.137 e. The van der Waals surface area contributed by atoms with Crippen molar-refractivity contribution in [3.05, 3.63) is 34.1 Å². The number of rotatable bonds is 5. The maximum absolute atomic E-state index is 13.4. The summed E-state index contributed by atoms with van der Waals surface area (Å²) in [6.45, 7) is 2.30. The van der Waals surface area contributed by atoms with E-state index in [2.05, 4.69) is 28.2 Å². The van der Waals surface area contributed by atoms with Crippen molar-refractivity contribution in [3.63, 3.8) is 0 Å². The van der Waals surface area contributed by atoms with Gasteiger partial charge in [-0.1, -0.05) is 25.8 Å². The van der Waals surface area contributed by atoms with Gasteiger partial charge in [-0.2, -0.15) is 0 Å². The molecule has 1 fully saturated rings. The summed E-state index contributed by atoms with van der Waals surface area (Å²) in [5.74, 6) is 0.474. The first-order valence-electron chi connectivity index (χ1n) is 7.67. The van der Waals surface area contributed by atoms with Crippen LogP contribution in [0, 0.1) is 11.7 Å². The fourth-order valence-corrected chi connectivity index (χ4v) is 4.07. The van der Waals surface area contributed by atoms with E-state index in [9.17, 15) is 4.39 Å². The van der Waals surface area contributed by atoms with Crippen LogP contribution in [0.5, 0.6) is 0 Å². The van der Waals surface area contributed by atoms with Crippen LogP contribution >= 0.6 is 15.9 Å². The van der Waals surface area contributed by atoms with Gasteiger partial charge in [-0.05, 0) is 65.9 Å². The third kappa shape index (κ3) is 3.85. The number of methoxy groups -OCH3 is 1. The van der Waals surface area contributed by atoms with Crippen LogP contribution in [0.15, 0.2) is 22.7 Å². The zero-order valence-corrected chi connectivity index (χ0v) is 14.7. The van der Waals surface area contributed by atoms with E-state index in [1.165, 1.54) is 18.9 Å². The minimum atomic E-state index is -0.215. The van der Waals surface area contributed by atoms with Gasteiger partial charge in [0.25, 0.3) is 0 Å². The van der Waals surface area contributed by atoms with Gasteiger partial charge in [-0.15, -0.1) is 0 Å². The molecule has 118 valence electrons. The molecule has 0 spiro atoms. The highest BCUT2D eigenvalue weighted by Gasteiger charge is 2.41. The summed E-state index contributed by atoms with van der Waals surface area (Å²) in [4.78, 5) is 0. The zero-order valence-electron chi connectivity index (χ0n) is 13.1. The molecule has 21 heavy (non-hydrogen) atoms. The Kier molecular flexibility index (Phi) is 5.81. The molecule has 0 saturated heterocycles. The number of benzene rings is 1. The van der Waals surface area contributed by atoms with Crippen LogP contribution < -0.4 is 5.32 Å². The second kappa shape index (κ2) is 7.21. The Bertz CT molecular complexity index is 482. The molecule has 0 bridgehead atoms. The topological polar surface area (TPSA) is 21.3 Å². The highest BCUT2D eigenvalue weighted by atomic mass is 79.9. The predicted molar refractivity (Wildman–Crippen MR) is 88.0 cm³/mol. The van der Waals surface area contributed by atoms with Crippen LogP contribution in [0.2, 0.25) is 0 Å². The molecule has 0 amide bonds. The Balaban J connectivity index is 2.19. The molecule has 4 heteroatoms. The number of halogens is 2. The minimum Gasteiger partial charge on any atom is -0.377 e. The average Bonchev–Trinajstić information content (AvgIpc) is 2.48. The van der Waals surface area contributed by atoms with Crippen molar-refractivity contribution in [2.24, 2.45) is 5.92 Å². The molecule has 3 unspecified atom stereocenters. The summed E-state index contributed by atoms with van der Waals surface area (Å²) < 4.78 is 19.9. The second-order valence-electron chi connectivity index (χ2n) is 6.26. The molecular weight excluding hydrogens is 333 g/mol. The maximum Gasteiger partial charge on any atom is 0.137 e. The quantitative estimate of drug-likeness (QED) is 0.847. The SMILES string of the molecule is CNC(Cc1ccc(F)c(Br)c1)C1(OC)CCCC(C)C1. The third-order valence-electron chi connectivity index (χ3n) is 4.80. The molecule has 3 atom stereocenters. The van der Waals surface area contributed by atoms with Gasteiger partial charge in [0.05, 0.1) is 10.1 Å². The third-order valence-corrected chi connectivity index (χ3v) is 5.41. The predicted octanol–water partition coefficient (Wildman–Crippen LogP) is 4.31. The van der Waals surface area contributed by atoms with Crippen LogP contribution in [-0.2, 0) is 11.2 Å². The lowest BCUT2D eigenvalue weighted by atomic mass is 9.73. The number of nitrogens with one attached hydrogen (secondary N) is 1. The van der Waals surface area contributed by atoms with Gasteiger partial charge < -0.3 is 10.1 Å².